The number of amides is 1. The third kappa shape index (κ3) is 82.9. The second-order valence-corrected chi connectivity index (χ2v) is 17.9. The molecule has 0 rings (SSSR count). The van der Waals surface area contributed by atoms with E-state index in [0.29, 0.717) is 51.2 Å². The minimum absolute atomic E-state index is 0.0208. The highest BCUT2D eigenvalue weighted by Crippen LogP contribution is 2.16. The molecule has 1 amide bonds. The van der Waals surface area contributed by atoms with Crippen LogP contribution in [0.3, 0.4) is 0 Å². The highest BCUT2D eigenvalue weighted by Gasteiger charge is 2.08. The number of aliphatic imine (C=N–C) groups is 2. The maximum absolute atomic E-state index is 11.4. The minimum Gasteiger partial charge on any atom is -0.450 e. The fourth-order valence-electron chi connectivity index (χ4n) is 6.41. The molecule has 6 N–H and O–H groups in total. The molecule has 18 heteroatoms. The van der Waals surface area contributed by atoms with Crippen LogP contribution in [0.4, 0.5) is 4.79 Å². The number of carbonyl (C=O) groups excluding carboxylic acids is 3. The van der Waals surface area contributed by atoms with Crippen molar-refractivity contribution in [3.05, 3.63) is 37.5 Å². The van der Waals surface area contributed by atoms with Crippen molar-refractivity contribution in [1.29, 1.82) is 10.5 Å². The van der Waals surface area contributed by atoms with Gasteiger partial charge in [0.1, 0.15) is 12.2 Å². The van der Waals surface area contributed by atoms with E-state index in [1.807, 2.05) is 39.8 Å². The zero-order valence-electron chi connectivity index (χ0n) is 50.9. The summed E-state index contributed by atoms with van der Waals surface area (Å²) in [6.07, 6.45) is 36.8. The summed E-state index contributed by atoms with van der Waals surface area (Å²) >= 11 is 0. The number of nitriles is 2. The summed E-state index contributed by atoms with van der Waals surface area (Å²) in [4.78, 5) is 43.2. The first kappa shape index (κ1) is 87.4. The van der Waals surface area contributed by atoms with Gasteiger partial charge in [0.05, 0.1) is 18.7 Å². The van der Waals surface area contributed by atoms with E-state index in [1.165, 1.54) is 6.08 Å². The standard InChI is InChI=1S/C18H38N2O4.C8H18O2.C7H13NO.C7H11NO.C7H13NO.C7H11NO.C6H12O2/c1-4-7-12-19-18(21)23-14-9-10-17(6-3)11-15-22-16-24-20-13-8-5-2;1-2-8(5-7-10)4-3-6-9;2*1-3-5-7(4-2)9-6-8;2*1-3-5-7(4-2)8-6-9;7-5-3-1-2-4-6-8/h17,20H,4-16H2,1-3H3,(H,19,21);8-10H,2-7H2,1H3;7H,3-5H2,1-2H3;4,7H,2-3,5H2,1H3;7H,3-5H2,1-2H3;4,7H,2-3,5H2,1H3;1-2,7-8H,3-6H2/b;;;;;;2-1+. The van der Waals surface area contributed by atoms with E-state index in [4.69, 9.17) is 50.0 Å². The Kier molecular flexibility index (Phi) is 94.0. The van der Waals surface area contributed by atoms with Gasteiger partial charge in [-0.15, -0.1) is 6.58 Å². The molecule has 6 unspecified atom stereocenters. The van der Waals surface area contributed by atoms with Gasteiger partial charge in [-0.1, -0.05) is 151 Å². The van der Waals surface area contributed by atoms with E-state index < -0.39 is 0 Å². The minimum atomic E-state index is -0.299. The molecule has 0 saturated carbocycles. The third-order valence-electron chi connectivity index (χ3n) is 11.3. The Labute approximate surface area is 475 Å². The zero-order valence-corrected chi connectivity index (χ0v) is 50.9. The van der Waals surface area contributed by atoms with E-state index in [1.54, 1.807) is 30.7 Å². The number of nitrogens with one attached hydrogen (secondary N) is 2. The van der Waals surface area contributed by atoms with Crippen LogP contribution < -0.4 is 10.8 Å². The molecule has 458 valence electrons. The average Bonchev–Trinajstić information content (AvgIpc) is 3.45. The predicted octanol–water partition coefficient (Wildman–Crippen LogP) is 13.0. The molecule has 0 fully saturated rings. The summed E-state index contributed by atoms with van der Waals surface area (Å²) in [5.74, 6) is 1.21. The summed E-state index contributed by atoms with van der Waals surface area (Å²) in [5.41, 5.74) is 2.88. The number of aliphatic hydroxyl groups excluding tert-OH is 4. The van der Waals surface area contributed by atoms with E-state index in [-0.39, 0.29) is 56.8 Å². The van der Waals surface area contributed by atoms with Crippen molar-refractivity contribution in [3.63, 3.8) is 0 Å². The van der Waals surface area contributed by atoms with E-state index >= 15 is 0 Å². The van der Waals surface area contributed by atoms with Crippen LogP contribution in [-0.2, 0) is 33.4 Å². The Morgan fingerprint density at radius 1 is 0.577 bits per heavy atom. The molecule has 0 aromatic heterocycles. The third-order valence-corrected chi connectivity index (χ3v) is 11.3. The highest BCUT2D eigenvalue weighted by atomic mass is 16.8. The molecule has 0 aromatic carbocycles. The van der Waals surface area contributed by atoms with Gasteiger partial charge in [-0.3, -0.25) is 4.84 Å². The summed E-state index contributed by atoms with van der Waals surface area (Å²) in [6, 6.07) is 0.194. The topological polar surface area (TPSA) is 275 Å². The normalized spacial score (nSPS) is 12.1. The summed E-state index contributed by atoms with van der Waals surface area (Å²) in [7, 11) is 0. The van der Waals surface area contributed by atoms with Crippen LogP contribution in [0.25, 0.3) is 0 Å². The molecular formula is C60H116N6O12. The number of hydrogen-bond donors (Lipinski definition) is 6. The lowest BCUT2D eigenvalue weighted by Gasteiger charge is -2.15. The van der Waals surface area contributed by atoms with Crippen molar-refractivity contribution in [1.82, 2.24) is 10.8 Å². The lowest BCUT2D eigenvalue weighted by molar-refractivity contribution is -0.101. The van der Waals surface area contributed by atoms with Crippen LogP contribution in [0.2, 0.25) is 0 Å². The van der Waals surface area contributed by atoms with Gasteiger partial charge >= 0.3 is 6.09 Å². The largest absolute Gasteiger partial charge is 0.450 e. The van der Waals surface area contributed by atoms with Crippen molar-refractivity contribution >= 4 is 18.3 Å². The molecule has 78 heavy (non-hydrogen) atoms. The molecular weight excluding hydrogens is 997 g/mol. The molecule has 18 nitrogen and oxygen atoms in total. The molecule has 0 saturated heterocycles. The van der Waals surface area contributed by atoms with E-state index in [9.17, 15) is 14.4 Å². The van der Waals surface area contributed by atoms with Crippen molar-refractivity contribution < 1.29 is 58.6 Å². The monoisotopic (exact) mass is 1110 g/mol. The van der Waals surface area contributed by atoms with Crippen LogP contribution in [0.1, 0.15) is 223 Å². The summed E-state index contributed by atoms with van der Waals surface area (Å²) < 4.78 is 20.0. The van der Waals surface area contributed by atoms with Crippen LogP contribution >= 0.6 is 0 Å². The lowest BCUT2D eigenvalue weighted by Crippen LogP contribution is -2.25. The summed E-state index contributed by atoms with van der Waals surface area (Å²) in [5, 5.41) is 52.6. The Morgan fingerprint density at radius 3 is 1.59 bits per heavy atom. The van der Waals surface area contributed by atoms with Crippen molar-refractivity contribution in [2.75, 3.05) is 59.5 Å². The number of carbonyl (C=O) groups is 1. The average molecular weight is 1110 g/mol. The number of rotatable bonds is 43. The van der Waals surface area contributed by atoms with Crippen LogP contribution in [0.5, 0.6) is 0 Å². The molecule has 0 spiro atoms. The smallest absolute Gasteiger partial charge is 0.407 e. The first-order valence-corrected chi connectivity index (χ1v) is 29.3. The molecule has 0 bridgehead atoms. The first-order valence-electron chi connectivity index (χ1n) is 29.3. The quantitative estimate of drug-likeness (QED) is 0.00630. The number of isocyanates is 2. The zero-order chi connectivity index (χ0) is 60.4. The van der Waals surface area contributed by atoms with Gasteiger partial charge in [-0.25, -0.2) is 19.4 Å². The van der Waals surface area contributed by atoms with Gasteiger partial charge in [0.2, 0.25) is 12.2 Å². The van der Waals surface area contributed by atoms with Gasteiger partial charge in [0, 0.05) is 46.1 Å². The Hall–Kier alpha value is -4.45. The fourth-order valence-corrected chi connectivity index (χ4v) is 6.41. The van der Waals surface area contributed by atoms with Crippen molar-refractivity contribution in [2.24, 2.45) is 21.8 Å². The molecule has 6 atom stereocenters. The number of hydroxylamine groups is 1. The van der Waals surface area contributed by atoms with Gasteiger partial charge < -0.3 is 44.7 Å². The highest BCUT2D eigenvalue weighted by molar-refractivity contribution is 5.66. The Morgan fingerprint density at radius 2 is 1.14 bits per heavy atom. The van der Waals surface area contributed by atoms with Gasteiger partial charge in [0.25, 0.3) is 12.5 Å². The van der Waals surface area contributed by atoms with E-state index in [0.717, 1.165) is 148 Å². The SMILES string of the molecule is C=CC(CCC)N=C=O.C=CC(CCC)OC#N.CCC(CCO)CCCO.CCCC(CC)N=C=O.CCCC(CC)OC#N.CCCCNOCOCCC(CC)CCCOC(=O)NCCCC.OCC/C=C/CCO. The maximum atomic E-state index is 11.4. The fraction of sp³-hybridized carbons (Fsp3) is 0.817. The molecule has 0 heterocycles. The molecule has 0 aliphatic heterocycles. The second-order valence-electron chi connectivity index (χ2n) is 17.9. The molecule has 0 aliphatic carbocycles. The van der Waals surface area contributed by atoms with Gasteiger partial charge in [0.15, 0.2) is 6.79 Å². The van der Waals surface area contributed by atoms with Gasteiger partial charge in [-0.2, -0.15) is 21.0 Å². The predicted molar refractivity (Wildman–Crippen MR) is 316 cm³/mol. The summed E-state index contributed by atoms with van der Waals surface area (Å²) in [6.45, 7) is 31.9. The van der Waals surface area contributed by atoms with Gasteiger partial charge in [-0.05, 0) is 115 Å². The number of nitrogens with zero attached hydrogens (tertiary/aromatic N) is 4. The number of ether oxygens (including phenoxy) is 4. The van der Waals surface area contributed by atoms with Crippen molar-refractivity contribution in [2.45, 2.75) is 248 Å². The number of alkyl carbamates (subject to hydrolysis) is 1. The Bertz CT molecular complexity index is 1400. The second kappa shape index (κ2) is 83.9. The Balaban J connectivity index is -0.000000159. The van der Waals surface area contributed by atoms with Crippen LogP contribution in [-0.4, -0.2) is 122 Å². The number of unbranched alkanes of at least 4 members (excludes halogenated alkanes) is 2. The molecule has 0 radical (unpaired) electrons. The molecule has 0 aliphatic rings. The lowest BCUT2D eigenvalue weighted by atomic mass is 9.97. The number of aliphatic hydroxyl groups is 4. The van der Waals surface area contributed by atoms with Crippen LogP contribution in [0, 0.1) is 34.9 Å². The first-order chi connectivity index (χ1) is 37.9. The number of hydrogen-bond acceptors (Lipinski definition) is 17. The van der Waals surface area contributed by atoms with Crippen molar-refractivity contribution in [3.8, 4) is 12.5 Å². The maximum Gasteiger partial charge on any atom is 0.407 e. The van der Waals surface area contributed by atoms with Crippen LogP contribution in [0.15, 0.2) is 47.4 Å². The molecule has 0 aromatic rings. The van der Waals surface area contributed by atoms with E-state index in [2.05, 4.69) is 80.2 Å².